The molecule has 0 aliphatic rings. The van der Waals surface area contributed by atoms with Crippen LogP contribution >= 0.6 is 0 Å². The summed E-state index contributed by atoms with van der Waals surface area (Å²) >= 11 is 0. The predicted molar refractivity (Wildman–Crippen MR) is 59.9 cm³/mol. The van der Waals surface area contributed by atoms with Crippen molar-refractivity contribution in [1.29, 1.82) is 0 Å². The van der Waals surface area contributed by atoms with Crippen LogP contribution in [0.4, 0.5) is 0 Å². The third-order valence-corrected chi connectivity index (χ3v) is 2.04. The third-order valence-electron chi connectivity index (χ3n) is 1.76. The van der Waals surface area contributed by atoms with Crippen molar-refractivity contribution < 1.29 is 23.4 Å². The van der Waals surface area contributed by atoms with Gasteiger partial charge in [0.1, 0.15) is 0 Å². The molecule has 6 heteroatoms. The van der Waals surface area contributed by atoms with Crippen LogP contribution in [0.25, 0.3) is 0 Å². The molecule has 0 aromatic rings. The van der Waals surface area contributed by atoms with E-state index < -0.39 is 12.3 Å². The van der Waals surface area contributed by atoms with Crippen molar-refractivity contribution in [3.8, 4) is 0 Å². The molecule has 0 atom stereocenters. The Bertz CT molecular complexity index is 155. The molecule has 0 aliphatic heterocycles. The summed E-state index contributed by atoms with van der Waals surface area (Å²) in [7, 11) is 2.96. The van der Waals surface area contributed by atoms with Crippen LogP contribution < -0.4 is 0 Å². The van der Waals surface area contributed by atoms with E-state index in [1.54, 1.807) is 0 Å². The van der Waals surface area contributed by atoms with Crippen molar-refractivity contribution in [3.63, 3.8) is 0 Å². The number of rotatable bonds is 10. The van der Waals surface area contributed by atoms with Gasteiger partial charge in [0.15, 0.2) is 0 Å². The largest absolute Gasteiger partial charge is 0.367 e. The van der Waals surface area contributed by atoms with Crippen molar-refractivity contribution in [1.82, 2.24) is 0 Å². The minimum Gasteiger partial charge on any atom is -0.367 e. The van der Waals surface area contributed by atoms with E-state index >= 15 is 0 Å². The SMILES string of the molecule is CCOC(OCC)C(O[Si])(OCC)OCC. The van der Waals surface area contributed by atoms with Gasteiger partial charge >= 0.3 is 5.97 Å². The molecule has 0 fully saturated rings. The first-order valence-corrected chi connectivity index (χ1v) is 5.97. The summed E-state index contributed by atoms with van der Waals surface area (Å²) in [5.41, 5.74) is 0. The molecule has 0 unspecified atom stereocenters. The van der Waals surface area contributed by atoms with Crippen LogP contribution in [-0.2, 0) is 23.4 Å². The standard InChI is InChI=1S/C10H21O5Si/c1-5-11-9(12-6-2)10(15-16,13-7-3)14-8-4/h9H,5-8H2,1-4H3. The first-order chi connectivity index (χ1) is 7.70. The zero-order valence-corrected chi connectivity index (χ0v) is 11.4. The van der Waals surface area contributed by atoms with Gasteiger partial charge < -0.3 is 23.4 Å². The molecule has 0 aromatic carbocycles. The van der Waals surface area contributed by atoms with Crippen LogP contribution in [0.15, 0.2) is 0 Å². The van der Waals surface area contributed by atoms with E-state index in [2.05, 4.69) is 10.5 Å². The fourth-order valence-electron chi connectivity index (χ4n) is 1.24. The van der Waals surface area contributed by atoms with Gasteiger partial charge in [0, 0.05) is 26.4 Å². The Morgan fingerprint density at radius 1 is 0.875 bits per heavy atom. The Hall–Kier alpha value is 0.0169. The molecule has 5 nitrogen and oxygen atoms in total. The molecule has 0 bridgehead atoms. The first-order valence-electron chi connectivity index (χ1n) is 5.56. The summed E-state index contributed by atoms with van der Waals surface area (Å²) in [5.74, 6) is -1.37. The quantitative estimate of drug-likeness (QED) is 0.430. The maximum Gasteiger partial charge on any atom is 0.327 e. The van der Waals surface area contributed by atoms with Gasteiger partial charge in [-0.3, -0.25) is 0 Å². The molecule has 0 heterocycles. The summed E-state index contributed by atoms with van der Waals surface area (Å²) in [6.45, 7) is 9.19. The van der Waals surface area contributed by atoms with Gasteiger partial charge in [0.2, 0.25) is 6.29 Å². The van der Waals surface area contributed by atoms with Crippen molar-refractivity contribution in [3.05, 3.63) is 0 Å². The van der Waals surface area contributed by atoms with Crippen LogP contribution in [0.1, 0.15) is 27.7 Å². The Labute approximate surface area is 101 Å². The lowest BCUT2D eigenvalue weighted by Crippen LogP contribution is -2.52. The lowest BCUT2D eigenvalue weighted by molar-refractivity contribution is -0.427. The summed E-state index contributed by atoms with van der Waals surface area (Å²) in [6.07, 6.45) is -0.736. The monoisotopic (exact) mass is 249 g/mol. The van der Waals surface area contributed by atoms with E-state index in [0.717, 1.165) is 0 Å². The smallest absolute Gasteiger partial charge is 0.327 e. The fourth-order valence-corrected chi connectivity index (χ4v) is 1.46. The van der Waals surface area contributed by atoms with Crippen LogP contribution in [0.5, 0.6) is 0 Å². The summed E-state index contributed by atoms with van der Waals surface area (Å²) in [5, 5.41) is 0. The highest BCUT2D eigenvalue weighted by Crippen LogP contribution is 2.23. The van der Waals surface area contributed by atoms with Gasteiger partial charge in [-0.15, -0.1) is 0 Å². The zero-order valence-electron chi connectivity index (χ0n) is 10.4. The van der Waals surface area contributed by atoms with Crippen LogP contribution in [0, 0.1) is 0 Å². The summed E-state index contributed by atoms with van der Waals surface area (Å²) < 4.78 is 26.8. The summed E-state index contributed by atoms with van der Waals surface area (Å²) in [6, 6.07) is 0. The minimum absolute atomic E-state index is 0.418. The molecule has 3 radical (unpaired) electrons. The van der Waals surface area contributed by atoms with Crippen molar-refractivity contribution in [2.75, 3.05) is 26.4 Å². The molecule has 95 valence electrons. The highest BCUT2D eigenvalue weighted by atomic mass is 28.2. The molecular weight excluding hydrogens is 228 g/mol. The Kier molecular flexibility index (Phi) is 9.10. The zero-order chi connectivity index (χ0) is 12.4. The molecule has 0 spiro atoms. The summed E-state index contributed by atoms with van der Waals surface area (Å²) in [4.78, 5) is 0. The molecule has 0 aromatic heterocycles. The average Bonchev–Trinajstić information content (AvgIpc) is 2.28. The number of hydrogen-bond donors (Lipinski definition) is 0. The maximum atomic E-state index is 5.44. The van der Waals surface area contributed by atoms with Gasteiger partial charge in [-0.25, -0.2) is 0 Å². The first kappa shape index (κ1) is 16.0. The van der Waals surface area contributed by atoms with Gasteiger partial charge in [0.25, 0.3) is 10.5 Å². The molecule has 0 saturated carbocycles. The lowest BCUT2D eigenvalue weighted by Gasteiger charge is -2.37. The van der Waals surface area contributed by atoms with Crippen molar-refractivity contribution in [2.45, 2.75) is 40.0 Å². The average molecular weight is 249 g/mol. The number of ether oxygens (including phenoxy) is 4. The predicted octanol–water partition coefficient (Wildman–Crippen LogP) is 1.21. The Balaban J connectivity index is 4.73. The van der Waals surface area contributed by atoms with E-state index in [9.17, 15) is 0 Å². The minimum atomic E-state index is -1.37. The van der Waals surface area contributed by atoms with Gasteiger partial charge in [0.05, 0.1) is 0 Å². The highest BCUT2D eigenvalue weighted by Gasteiger charge is 2.43. The fraction of sp³-hybridized carbons (Fsp3) is 1.00. The van der Waals surface area contributed by atoms with Crippen LogP contribution in [-0.4, -0.2) is 49.2 Å². The molecule has 0 saturated heterocycles. The third kappa shape index (κ3) is 4.48. The highest BCUT2D eigenvalue weighted by molar-refractivity contribution is 5.98. The lowest BCUT2D eigenvalue weighted by atomic mass is 10.5. The number of hydrogen-bond acceptors (Lipinski definition) is 5. The maximum absolute atomic E-state index is 5.44. The second kappa shape index (κ2) is 9.09. The molecule has 16 heavy (non-hydrogen) atoms. The van der Waals surface area contributed by atoms with E-state index in [-0.39, 0.29) is 0 Å². The normalized spacial score (nSPS) is 12.4. The second-order valence-corrected chi connectivity index (χ2v) is 3.02. The molecular formula is C10H21O5Si. The van der Waals surface area contributed by atoms with Crippen molar-refractivity contribution in [2.24, 2.45) is 0 Å². The molecule has 0 N–H and O–H groups in total. The van der Waals surface area contributed by atoms with E-state index in [0.29, 0.717) is 26.4 Å². The van der Waals surface area contributed by atoms with Gasteiger partial charge in [-0.1, -0.05) is 0 Å². The Morgan fingerprint density at radius 2 is 1.31 bits per heavy atom. The topological polar surface area (TPSA) is 46.2 Å². The molecule has 0 amide bonds. The van der Waals surface area contributed by atoms with Crippen molar-refractivity contribution >= 4 is 10.5 Å². The molecule has 0 rings (SSSR count). The Morgan fingerprint density at radius 3 is 1.56 bits per heavy atom. The van der Waals surface area contributed by atoms with Gasteiger partial charge in [-0.05, 0) is 27.7 Å². The van der Waals surface area contributed by atoms with E-state index in [1.807, 2.05) is 27.7 Å². The van der Waals surface area contributed by atoms with E-state index in [1.165, 1.54) is 0 Å². The van der Waals surface area contributed by atoms with Crippen LogP contribution in [0.3, 0.4) is 0 Å². The van der Waals surface area contributed by atoms with Crippen LogP contribution in [0.2, 0.25) is 0 Å². The van der Waals surface area contributed by atoms with E-state index in [4.69, 9.17) is 23.4 Å². The van der Waals surface area contributed by atoms with Gasteiger partial charge in [-0.2, -0.15) is 0 Å². The second-order valence-electron chi connectivity index (χ2n) is 2.81. The molecule has 0 aliphatic carbocycles.